The third kappa shape index (κ3) is 10.8. The van der Waals surface area contributed by atoms with E-state index < -0.39 is 92.6 Å². The zero-order valence-corrected chi connectivity index (χ0v) is 30.7. The summed E-state index contributed by atoms with van der Waals surface area (Å²) in [6.45, 7) is 0.930. The van der Waals surface area contributed by atoms with Gasteiger partial charge in [0.25, 0.3) is 0 Å². The smallest absolute Gasteiger partial charge is 0.173 e. The number of rotatable bonds is 16. The van der Waals surface area contributed by atoms with Gasteiger partial charge in [0.2, 0.25) is 0 Å². The Morgan fingerprint density at radius 1 is 0.709 bits per heavy atom. The molecule has 3 fully saturated rings. The number of nitrogens with one attached hydrogen (secondary N) is 1. The number of pyridine rings is 3. The van der Waals surface area contributed by atoms with Gasteiger partial charge in [-0.15, -0.1) is 0 Å². The minimum Gasteiger partial charge on any atom is -0.396 e. The Labute approximate surface area is 320 Å². The molecule has 11 N–H and O–H groups in total. The van der Waals surface area contributed by atoms with Crippen molar-refractivity contribution >= 4 is 0 Å². The van der Waals surface area contributed by atoms with Crippen molar-refractivity contribution in [1.29, 1.82) is 0 Å². The van der Waals surface area contributed by atoms with Crippen molar-refractivity contribution in [1.82, 2.24) is 25.2 Å². The van der Waals surface area contributed by atoms with Crippen LogP contribution in [-0.2, 0) is 45.1 Å². The van der Waals surface area contributed by atoms with E-state index in [0.717, 1.165) is 22.6 Å². The molecule has 0 bridgehead atoms. The number of aliphatic hydroxyl groups excluding tert-OH is 6. The summed E-state index contributed by atoms with van der Waals surface area (Å²) in [6, 6.07) is 13.4. The average molecular weight is 770 g/mol. The molecule has 1 aliphatic carbocycles. The van der Waals surface area contributed by atoms with Crippen molar-refractivity contribution < 1.29 is 49.6 Å². The van der Waals surface area contributed by atoms with Crippen LogP contribution in [0.25, 0.3) is 0 Å². The van der Waals surface area contributed by atoms with Crippen LogP contribution in [0.15, 0.2) is 67.1 Å². The van der Waals surface area contributed by atoms with Gasteiger partial charge in [-0.05, 0) is 55.2 Å². The highest BCUT2D eigenvalue weighted by Gasteiger charge is 2.47. The molecule has 55 heavy (non-hydrogen) atoms. The molecule has 0 amide bonds. The minimum absolute atomic E-state index is 0.186. The second-order valence-electron chi connectivity index (χ2n) is 14.7. The molecule has 0 spiro atoms. The van der Waals surface area contributed by atoms with Crippen LogP contribution in [0, 0.1) is 5.92 Å². The summed E-state index contributed by atoms with van der Waals surface area (Å²) in [7, 11) is 0. The van der Waals surface area contributed by atoms with Gasteiger partial charge in [-0.25, -0.2) is 0 Å². The standard InChI is InChI=1S/C38H55N7O10/c39-27-12-29(32(20-47)53-37(27)51)54-38-28(13-30(33(21-48)55-38)52-31-11-23(19-46)35(49)36(50)34(31)40)44-15-22-7-8-26(43-14-22)18-45(16-24-5-1-3-9-41-24)17-25-6-2-4-10-42-25/h1-10,14,23,27-38,44,46-51H,11-13,15-21,39-40H2/t23?,27?,28?,29-,30-,31+,32?,33?,34?,35+,36+,37+,38+/m0/s1. The van der Waals surface area contributed by atoms with E-state index in [-0.39, 0.29) is 25.9 Å². The van der Waals surface area contributed by atoms with Crippen LogP contribution >= 0.6 is 0 Å². The molecular weight excluding hydrogens is 714 g/mol. The summed E-state index contributed by atoms with van der Waals surface area (Å²) in [5.41, 5.74) is 16.0. The van der Waals surface area contributed by atoms with E-state index in [0.29, 0.717) is 26.2 Å². The Bertz CT molecular complexity index is 1530. The highest BCUT2D eigenvalue weighted by molar-refractivity contribution is 5.15. The van der Waals surface area contributed by atoms with Gasteiger partial charge in [0.05, 0.1) is 78.9 Å². The lowest BCUT2D eigenvalue weighted by Crippen LogP contribution is -2.63. The molecule has 17 nitrogen and oxygen atoms in total. The second-order valence-corrected chi connectivity index (χ2v) is 14.7. The Hall–Kier alpha value is -3.11. The van der Waals surface area contributed by atoms with E-state index in [1.54, 1.807) is 18.6 Å². The monoisotopic (exact) mass is 769 g/mol. The van der Waals surface area contributed by atoms with Crippen LogP contribution < -0.4 is 16.8 Å². The lowest BCUT2D eigenvalue weighted by molar-refractivity contribution is -0.303. The molecule has 13 atom stereocenters. The van der Waals surface area contributed by atoms with Crippen molar-refractivity contribution in [2.24, 2.45) is 17.4 Å². The molecule has 0 aromatic carbocycles. The van der Waals surface area contributed by atoms with Crippen LogP contribution in [0.5, 0.6) is 0 Å². The first-order valence-electron chi connectivity index (χ1n) is 18.8. The Morgan fingerprint density at radius 3 is 1.93 bits per heavy atom. The first kappa shape index (κ1) is 41.5. The number of ether oxygens (including phenoxy) is 4. The molecular formula is C38H55N7O10. The van der Waals surface area contributed by atoms with Crippen molar-refractivity contribution in [2.75, 3.05) is 19.8 Å². The molecule has 5 heterocycles. The summed E-state index contributed by atoms with van der Waals surface area (Å²) in [5.74, 6) is -0.643. The summed E-state index contributed by atoms with van der Waals surface area (Å²) < 4.78 is 24.6. The molecule has 3 aromatic heterocycles. The lowest BCUT2D eigenvalue weighted by Gasteiger charge is -2.47. The van der Waals surface area contributed by atoms with Crippen LogP contribution in [0.4, 0.5) is 0 Å². The van der Waals surface area contributed by atoms with Crippen molar-refractivity contribution in [3.63, 3.8) is 0 Å². The maximum absolute atomic E-state index is 10.6. The van der Waals surface area contributed by atoms with Gasteiger partial charge in [-0.2, -0.15) is 0 Å². The Balaban J connectivity index is 1.15. The molecule has 17 heteroatoms. The Morgan fingerprint density at radius 2 is 1.35 bits per heavy atom. The van der Waals surface area contributed by atoms with Gasteiger partial charge in [0, 0.05) is 57.3 Å². The molecule has 0 radical (unpaired) electrons. The SMILES string of the molecule is NC1C[C@H](O[C@@H]2OC(CO)[C@@H](O[C@@H]3CC(CO)[C@@H](O)[C@H](O)C3N)CC2NCc2ccc(CN(Cc3ccccn3)Cc3ccccn3)nc2)C(CO)O[C@H]1O. The molecule has 2 saturated heterocycles. The van der Waals surface area contributed by atoms with E-state index >= 15 is 0 Å². The highest BCUT2D eigenvalue weighted by atomic mass is 16.7. The lowest BCUT2D eigenvalue weighted by atomic mass is 9.80. The second kappa shape index (κ2) is 19.8. The summed E-state index contributed by atoms with van der Waals surface area (Å²) in [6.07, 6.45) is -2.65. The van der Waals surface area contributed by atoms with E-state index in [1.165, 1.54) is 0 Å². The molecule has 6 rings (SSSR count). The summed E-state index contributed by atoms with van der Waals surface area (Å²) in [4.78, 5) is 16.0. The van der Waals surface area contributed by atoms with E-state index in [1.807, 2.05) is 48.5 Å². The van der Waals surface area contributed by atoms with Crippen LogP contribution in [0.2, 0.25) is 0 Å². The van der Waals surface area contributed by atoms with Gasteiger partial charge >= 0.3 is 0 Å². The fourth-order valence-corrected chi connectivity index (χ4v) is 7.47. The number of aliphatic hydroxyl groups is 6. The maximum atomic E-state index is 10.6. The summed E-state index contributed by atoms with van der Waals surface area (Å²) >= 11 is 0. The average Bonchev–Trinajstić information content (AvgIpc) is 3.20. The van der Waals surface area contributed by atoms with E-state index in [9.17, 15) is 30.6 Å². The fraction of sp³-hybridized carbons (Fsp3) is 0.605. The van der Waals surface area contributed by atoms with Crippen molar-refractivity contribution in [3.05, 3.63) is 89.8 Å². The molecule has 1 saturated carbocycles. The maximum Gasteiger partial charge on any atom is 0.173 e. The Kier molecular flexibility index (Phi) is 15.0. The number of hydrogen-bond donors (Lipinski definition) is 9. The molecule has 6 unspecified atom stereocenters. The normalized spacial score (nSPS) is 34.2. The number of hydrogen-bond acceptors (Lipinski definition) is 17. The predicted octanol–water partition coefficient (Wildman–Crippen LogP) is -1.73. The zero-order valence-electron chi connectivity index (χ0n) is 30.7. The van der Waals surface area contributed by atoms with Crippen molar-refractivity contribution in [3.8, 4) is 0 Å². The van der Waals surface area contributed by atoms with Crippen LogP contribution in [-0.4, -0.2) is 144 Å². The zero-order chi connectivity index (χ0) is 38.9. The van der Waals surface area contributed by atoms with Gasteiger partial charge < -0.3 is 66.4 Å². The summed E-state index contributed by atoms with van der Waals surface area (Å²) in [5, 5.41) is 64.9. The van der Waals surface area contributed by atoms with Crippen LogP contribution in [0.1, 0.15) is 41.9 Å². The molecule has 3 aliphatic rings. The molecule has 302 valence electrons. The first-order chi connectivity index (χ1) is 26.6. The molecule has 2 aliphatic heterocycles. The molecule has 3 aromatic rings. The van der Waals surface area contributed by atoms with Gasteiger partial charge in [0.1, 0.15) is 12.2 Å². The third-order valence-electron chi connectivity index (χ3n) is 10.6. The van der Waals surface area contributed by atoms with E-state index in [4.69, 9.17) is 35.4 Å². The third-order valence-corrected chi connectivity index (χ3v) is 10.6. The minimum atomic E-state index is -1.31. The predicted molar refractivity (Wildman–Crippen MR) is 196 cm³/mol. The van der Waals surface area contributed by atoms with Gasteiger partial charge in [0.15, 0.2) is 12.6 Å². The van der Waals surface area contributed by atoms with Gasteiger partial charge in [-0.1, -0.05) is 18.2 Å². The first-order valence-corrected chi connectivity index (χ1v) is 18.8. The van der Waals surface area contributed by atoms with Crippen molar-refractivity contribution in [2.45, 2.75) is 119 Å². The quantitative estimate of drug-likeness (QED) is 0.0784. The highest BCUT2D eigenvalue weighted by Crippen LogP contribution is 2.33. The largest absolute Gasteiger partial charge is 0.396 e. The van der Waals surface area contributed by atoms with Crippen LogP contribution in [0.3, 0.4) is 0 Å². The number of aromatic nitrogens is 3. The topological polar surface area (TPSA) is 264 Å². The number of nitrogens with two attached hydrogens (primary N) is 2. The van der Waals surface area contributed by atoms with E-state index in [2.05, 4.69) is 20.2 Å². The van der Waals surface area contributed by atoms with Gasteiger partial charge in [-0.3, -0.25) is 19.9 Å². The fourth-order valence-electron chi connectivity index (χ4n) is 7.47. The number of nitrogens with zero attached hydrogens (tertiary/aromatic N) is 4.